The molecular weight excluding hydrogens is 294 g/mol. The van der Waals surface area contributed by atoms with Gasteiger partial charge in [0.15, 0.2) is 12.2 Å². The molecule has 6 nitrogen and oxygen atoms in total. The molecule has 1 fully saturated rings. The topological polar surface area (TPSA) is 87.2 Å². The summed E-state index contributed by atoms with van der Waals surface area (Å²) in [5.41, 5.74) is -0.109. The Hall–Kier alpha value is -2.42. The van der Waals surface area contributed by atoms with Crippen LogP contribution in [0.3, 0.4) is 0 Å². The largest absolute Gasteiger partial charge is 0.438 e. The highest BCUT2D eigenvalue weighted by Gasteiger charge is 2.49. The maximum absolute atomic E-state index is 12.6. The van der Waals surface area contributed by atoms with Crippen molar-refractivity contribution in [3.63, 3.8) is 0 Å². The van der Waals surface area contributed by atoms with Crippen molar-refractivity contribution in [1.29, 1.82) is 5.26 Å². The zero-order valence-electron chi connectivity index (χ0n) is 13.5. The summed E-state index contributed by atoms with van der Waals surface area (Å²) in [7, 11) is 0. The minimum absolute atomic E-state index is 0.110. The molecule has 1 amide bonds. The maximum Gasteiger partial charge on any atom is 0.291 e. The summed E-state index contributed by atoms with van der Waals surface area (Å²) in [6, 6.07) is 2.02. The number of hydrogen-bond acceptors (Lipinski definition) is 5. The van der Waals surface area contributed by atoms with Gasteiger partial charge in [-0.05, 0) is 19.8 Å². The van der Waals surface area contributed by atoms with Gasteiger partial charge < -0.3 is 9.32 Å². The summed E-state index contributed by atoms with van der Waals surface area (Å²) in [5.74, 6) is -0.0300. The molecule has 0 aromatic carbocycles. The molecule has 1 aliphatic carbocycles. The molecule has 120 valence electrons. The number of oxazole rings is 1. The summed E-state index contributed by atoms with van der Waals surface area (Å²) in [4.78, 5) is 30.5. The number of ketones is 1. The van der Waals surface area contributed by atoms with E-state index in [9.17, 15) is 14.9 Å². The molecule has 3 rings (SSSR count). The first-order chi connectivity index (χ1) is 10.8. The number of Topliss-reactive ketones (excluding diaryl/α,β-unsaturated/α-hetero) is 1. The average Bonchev–Trinajstić information content (AvgIpc) is 3.09. The van der Waals surface area contributed by atoms with E-state index < -0.39 is 5.41 Å². The third-order valence-corrected chi connectivity index (χ3v) is 4.84. The molecule has 1 saturated heterocycles. The van der Waals surface area contributed by atoms with Gasteiger partial charge in [-0.25, -0.2) is 4.98 Å². The fourth-order valence-electron chi connectivity index (χ4n) is 3.81. The van der Waals surface area contributed by atoms with E-state index in [0.29, 0.717) is 25.2 Å². The van der Waals surface area contributed by atoms with Crippen LogP contribution >= 0.6 is 0 Å². The molecule has 1 aromatic rings. The minimum atomic E-state index is -0.582. The van der Waals surface area contributed by atoms with Gasteiger partial charge >= 0.3 is 0 Å². The lowest BCUT2D eigenvalue weighted by Gasteiger charge is -2.38. The second-order valence-electron chi connectivity index (χ2n) is 7.17. The Kier molecular flexibility index (Phi) is 3.40. The van der Waals surface area contributed by atoms with Crippen LogP contribution in [0.15, 0.2) is 22.5 Å². The van der Waals surface area contributed by atoms with E-state index in [1.807, 2.05) is 19.9 Å². The van der Waals surface area contributed by atoms with Gasteiger partial charge in [-0.1, -0.05) is 19.9 Å². The Morgan fingerprint density at radius 3 is 2.83 bits per heavy atom. The van der Waals surface area contributed by atoms with Gasteiger partial charge in [-0.2, -0.15) is 5.26 Å². The molecule has 1 atom stereocenters. The van der Waals surface area contributed by atoms with Crippen molar-refractivity contribution in [1.82, 2.24) is 9.88 Å². The zero-order chi connectivity index (χ0) is 16.8. The summed E-state index contributed by atoms with van der Waals surface area (Å²) in [6.45, 7) is 6.55. The van der Waals surface area contributed by atoms with Crippen LogP contribution in [0, 0.1) is 29.1 Å². The normalized spacial score (nSPS) is 26.3. The van der Waals surface area contributed by atoms with E-state index in [1.165, 1.54) is 6.39 Å². The van der Waals surface area contributed by atoms with E-state index in [2.05, 4.69) is 4.98 Å². The van der Waals surface area contributed by atoms with Gasteiger partial charge in [-0.15, -0.1) is 0 Å². The first-order valence-corrected chi connectivity index (χ1v) is 7.65. The van der Waals surface area contributed by atoms with E-state index in [4.69, 9.17) is 4.42 Å². The molecule has 1 aliphatic heterocycles. The van der Waals surface area contributed by atoms with E-state index in [-0.39, 0.29) is 28.4 Å². The molecule has 1 aromatic heterocycles. The van der Waals surface area contributed by atoms with Crippen molar-refractivity contribution in [3.8, 4) is 6.07 Å². The molecule has 2 heterocycles. The van der Waals surface area contributed by atoms with Crippen LogP contribution < -0.4 is 0 Å². The number of aromatic nitrogens is 1. The van der Waals surface area contributed by atoms with Crippen molar-refractivity contribution in [2.24, 2.45) is 10.8 Å². The number of carbonyl (C=O) groups is 2. The summed E-state index contributed by atoms with van der Waals surface area (Å²) >= 11 is 0. The number of allylic oxidation sites excluding steroid dienone is 1. The maximum atomic E-state index is 12.6. The molecule has 0 radical (unpaired) electrons. The Labute approximate surface area is 134 Å². The van der Waals surface area contributed by atoms with Crippen LogP contribution in [0.1, 0.15) is 42.9 Å². The Morgan fingerprint density at radius 1 is 1.48 bits per heavy atom. The third kappa shape index (κ3) is 2.46. The lowest BCUT2D eigenvalue weighted by molar-refractivity contribution is -0.125. The highest BCUT2D eigenvalue weighted by molar-refractivity contribution is 6.03. The molecule has 0 bridgehead atoms. The SMILES string of the molecule is Cc1ncoc1C(=O)N1CC[C@@]2(C=C(C#N)C(=O)C(C)(C)C2)C1. The lowest BCUT2D eigenvalue weighted by Crippen LogP contribution is -2.40. The zero-order valence-corrected chi connectivity index (χ0v) is 13.5. The quantitative estimate of drug-likeness (QED) is 0.793. The number of likely N-dealkylation sites (tertiary alicyclic amines) is 1. The van der Waals surface area contributed by atoms with Gasteiger partial charge in [0.05, 0.1) is 11.3 Å². The van der Waals surface area contributed by atoms with Crippen LogP contribution in [0.4, 0.5) is 0 Å². The first kappa shape index (κ1) is 15.5. The number of carbonyl (C=O) groups excluding carboxylic acids is 2. The Balaban J connectivity index is 1.88. The number of amides is 1. The molecule has 2 aliphatic rings. The van der Waals surface area contributed by atoms with Crippen molar-refractivity contribution >= 4 is 11.7 Å². The van der Waals surface area contributed by atoms with Gasteiger partial charge in [-0.3, -0.25) is 9.59 Å². The van der Waals surface area contributed by atoms with Crippen LogP contribution in [0.2, 0.25) is 0 Å². The molecule has 0 saturated carbocycles. The predicted octanol–water partition coefficient (Wildman–Crippen LogP) is 2.26. The van der Waals surface area contributed by atoms with Crippen LogP contribution in [0.25, 0.3) is 0 Å². The van der Waals surface area contributed by atoms with Crippen molar-refractivity contribution in [3.05, 3.63) is 29.5 Å². The highest BCUT2D eigenvalue weighted by atomic mass is 16.3. The van der Waals surface area contributed by atoms with E-state index in [1.54, 1.807) is 17.9 Å². The standard InChI is InChI=1S/C17H19N3O3/c1-11-13(23-10-19-11)15(22)20-5-4-17(9-20)6-12(7-18)14(21)16(2,3)8-17/h6,10H,4-5,8-9H2,1-3H3/t17-/m0/s1. The molecular formula is C17H19N3O3. The average molecular weight is 313 g/mol. The smallest absolute Gasteiger partial charge is 0.291 e. The number of nitriles is 1. The monoisotopic (exact) mass is 313 g/mol. The van der Waals surface area contributed by atoms with Crippen molar-refractivity contribution in [2.45, 2.75) is 33.6 Å². The molecule has 6 heteroatoms. The van der Waals surface area contributed by atoms with E-state index >= 15 is 0 Å². The molecule has 0 unspecified atom stereocenters. The second-order valence-corrected chi connectivity index (χ2v) is 7.17. The summed E-state index contributed by atoms with van der Waals surface area (Å²) in [5, 5.41) is 9.26. The van der Waals surface area contributed by atoms with Gasteiger partial charge in [0, 0.05) is 23.9 Å². The summed E-state index contributed by atoms with van der Waals surface area (Å²) in [6.07, 6.45) is 4.43. The van der Waals surface area contributed by atoms with Gasteiger partial charge in [0.25, 0.3) is 5.91 Å². The third-order valence-electron chi connectivity index (χ3n) is 4.84. The number of nitrogens with zero attached hydrogens (tertiary/aromatic N) is 3. The number of hydrogen-bond donors (Lipinski definition) is 0. The first-order valence-electron chi connectivity index (χ1n) is 7.65. The van der Waals surface area contributed by atoms with Crippen LogP contribution in [-0.4, -0.2) is 34.7 Å². The van der Waals surface area contributed by atoms with E-state index in [0.717, 1.165) is 6.42 Å². The lowest BCUT2D eigenvalue weighted by atomic mass is 9.64. The van der Waals surface area contributed by atoms with Gasteiger partial charge in [0.2, 0.25) is 5.76 Å². The Morgan fingerprint density at radius 2 is 2.22 bits per heavy atom. The van der Waals surface area contributed by atoms with Crippen molar-refractivity contribution in [2.75, 3.05) is 13.1 Å². The molecule has 23 heavy (non-hydrogen) atoms. The Bertz CT molecular complexity index is 753. The number of aryl methyl sites for hydroxylation is 1. The predicted molar refractivity (Wildman–Crippen MR) is 81.3 cm³/mol. The molecule has 1 spiro atoms. The minimum Gasteiger partial charge on any atom is -0.438 e. The second kappa shape index (κ2) is 5.05. The fourth-order valence-corrected chi connectivity index (χ4v) is 3.81. The van der Waals surface area contributed by atoms with Crippen molar-refractivity contribution < 1.29 is 14.0 Å². The van der Waals surface area contributed by atoms with Gasteiger partial charge in [0.1, 0.15) is 6.07 Å². The summed E-state index contributed by atoms with van der Waals surface area (Å²) < 4.78 is 5.19. The highest BCUT2D eigenvalue weighted by Crippen LogP contribution is 2.48. The van der Waals surface area contributed by atoms with Crippen LogP contribution in [-0.2, 0) is 4.79 Å². The fraction of sp³-hybridized carbons (Fsp3) is 0.529. The molecule has 0 N–H and O–H groups in total. The number of rotatable bonds is 1. The van der Waals surface area contributed by atoms with Crippen LogP contribution in [0.5, 0.6) is 0 Å².